The van der Waals surface area contributed by atoms with Gasteiger partial charge in [0, 0.05) is 56.0 Å². The summed E-state index contributed by atoms with van der Waals surface area (Å²) in [7, 11) is 0. The number of rotatable bonds is 11. The van der Waals surface area contributed by atoms with Crippen molar-refractivity contribution in [1.29, 1.82) is 0 Å². The van der Waals surface area contributed by atoms with E-state index < -0.39 is 10.9 Å². The van der Waals surface area contributed by atoms with Crippen LogP contribution in [0.15, 0.2) is 39.9 Å². The molecule has 0 amide bonds. The van der Waals surface area contributed by atoms with Crippen molar-refractivity contribution in [3.63, 3.8) is 0 Å². The third-order valence-corrected chi connectivity index (χ3v) is 6.19. The first-order valence-electron chi connectivity index (χ1n) is 11.7. The first kappa shape index (κ1) is 23.8. The molecule has 1 saturated heterocycles. The van der Waals surface area contributed by atoms with Crippen molar-refractivity contribution >= 4 is 46.2 Å². The lowest BCUT2D eigenvalue weighted by Crippen LogP contribution is -2.37. The number of hydrogen-bond acceptors (Lipinski definition) is 9. The van der Waals surface area contributed by atoms with Crippen LogP contribution in [0, 0.1) is 0 Å². The molecule has 2 aromatic carbocycles. The highest BCUT2D eigenvalue weighted by atomic mass is 35.5. The molecule has 34 heavy (non-hydrogen) atoms. The first-order chi connectivity index (χ1) is 16.5. The van der Waals surface area contributed by atoms with Crippen molar-refractivity contribution in [1.82, 2.24) is 9.97 Å². The van der Waals surface area contributed by atoms with Gasteiger partial charge in [0.1, 0.15) is 23.0 Å². The van der Waals surface area contributed by atoms with E-state index in [4.69, 9.17) is 21.6 Å². The second-order valence-electron chi connectivity index (χ2n) is 8.17. The van der Waals surface area contributed by atoms with Crippen molar-refractivity contribution in [2.45, 2.75) is 26.7 Å². The SMILES string of the molecule is CCN(CC)c1nc(NCCNc2c(Nc3ccc(Cl)cc3)c(=O)c2=O)cc(N2CCCC2)n1. The fourth-order valence-electron chi connectivity index (χ4n) is 4.00. The van der Waals surface area contributed by atoms with Crippen molar-refractivity contribution in [3.8, 4) is 0 Å². The van der Waals surface area contributed by atoms with Gasteiger partial charge in [-0.3, -0.25) is 9.59 Å². The zero-order valence-electron chi connectivity index (χ0n) is 19.5. The summed E-state index contributed by atoms with van der Waals surface area (Å²) in [6, 6.07) is 8.92. The van der Waals surface area contributed by atoms with Gasteiger partial charge in [0.2, 0.25) is 5.95 Å². The van der Waals surface area contributed by atoms with E-state index >= 15 is 0 Å². The van der Waals surface area contributed by atoms with Gasteiger partial charge in [-0.2, -0.15) is 9.97 Å². The Balaban J connectivity index is 1.40. The second kappa shape index (κ2) is 10.7. The number of nitrogens with zero attached hydrogens (tertiary/aromatic N) is 4. The van der Waals surface area contributed by atoms with E-state index in [1.807, 2.05) is 6.07 Å². The predicted octanol–water partition coefficient (Wildman–Crippen LogP) is 3.44. The average molecular weight is 484 g/mol. The molecule has 1 aliphatic rings. The zero-order chi connectivity index (χ0) is 24.1. The van der Waals surface area contributed by atoms with Gasteiger partial charge in [0.15, 0.2) is 0 Å². The van der Waals surface area contributed by atoms with Crippen molar-refractivity contribution in [2.75, 3.05) is 65.0 Å². The third kappa shape index (κ3) is 5.25. The van der Waals surface area contributed by atoms with E-state index in [0.29, 0.717) is 35.4 Å². The molecule has 10 heteroatoms. The van der Waals surface area contributed by atoms with Crippen LogP contribution >= 0.6 is 11.6 Å². The lowest BCUT2D eigenvalue weighted by Gasteiger charge is -2.23. The normalized spacial score (nSPS) is 13.3. The lowest BCUT2D eigenvalue weighted by atomic mass is 10.1. The summed E-state index contributed by atoms with van der Waals surface area (Å²) < 4.78 is 0. The van der Waals surface area contributed by atoms with Crippen LogP contribution in [-0.2, 0) is 0 Å². The highest BCUT2D eigenvalue weighted by Gasteiger charge is 2.21. The molecule has 1 aromatic heterocycles. The number of benzene rings is 1. The quantitative estimate of drug-likeness (QED) is 0.279. The van der Waals surface area contributed by atoms with Crippen molar-refractivity contribution in [3.05, 3.63) is 55.8 Å². The Morgan fingerprint density at radius 2 is 1.59 bits per heavy atom. The molecule has 180 valence electrons. The molecule has 9 nitrogen and oxygen atoms in total. The molecule has 1 fully saturated rings. The van der Waals surface area contributed by atoms with Crippen LogP contribution in [0.3, 0.4) is 0 Å². The Morgan fingerprint density at radius 1 is 0.941 bits per heavy atom. The minimum absolute atomic E-state index is 0.273. The van der Waals surface area contributed by atoms with Crippen LogP contribution in [0.4, 0.5) is 34.6 Å². The van der Waals surface area contributed by atoms with Crippen molar-refractivity contribution < 1.29 is 0 Å². The van der Waals surface area contributed by atoms with E-state index in [2.05, 4.69) is 39.6 Å². The topological polar surface area (TPSA) is 102 Å². The molecule has 0 atom stereocenters. The second-order valence-corrected chi connectivity index (χ2v) is 8.61. The fourth-order valence-corrected chi connectivity index (χ4v) is 4.13. The van der Waals surface area contributed by atoms with E-state index in [1.54, 1.807) is 24.3 Å². The summed E-state index contributed by atoms with van der Waals surface area (Å²) in [6.45, 7) is 8.81. The van der Waals surface area contributed by atoms with Crippen LogP contribution in [0.5, 0.6) is 0 Å². The van der Waals surface area contributed by atoms with Gasteiger partial charge in [-0.05, 0) is 51.0 Å². The van der Waals surface area contributed by atoms with Gasteiger partial charge < -0.3 is 25.8 Å². The molecule has 0 unspecified atom stereocenters. The van der Waals surface area contributed by atoms with Gasteiger partial charge in [-0.1, -0.05) is 11.6 Å². The molecule has 0 radical (unpaired) electrons. The van der Waals surface area contributed by atoms with Gasteiger partial charge in [0.25, 0.3) is 10.9 Å². The van der Waals surface area contributed by atoms with Gasteiger partial charge in [-0.15, -0.1) is 0 Å². The van der Waals surface area contributed by atoms with Gasteiger partial charge in [0.05, 0.1) is 0 Å². The van der Waals surface area contributed by atoms with Crippen LogP contribution in [0.2, 0.25) is 5.02 Å². The molecule has 2 heterocycles. The number of nitrogens with one attached hydrogen (secondary N) is 3. The fraction of sp³-hybridized carbons (Fsp3) is 0.417. The Kier molecular flexibility index (Phi) is 7.52. The maximum atomic E-state index is 12.1. The highest BCUT2D eigenvalue weighted by molar-refractivity contribution is 6.30. The molecule has 0 saturated carbocycles. The summed E-state index contributed by atoms with van der Waals surface area (Å²) in [6.07, 6.45) is 2.34. The molecular weight excluding hydrogens is 454 g/mol. The van der Waals surface area contributed by atoms with Gasteiger partial charge in [-0.25, -0.2) is 0 Å². The summed E-state index contributed by atoms with van der Waals surface area (Å²) in [5.41, 5.74) is 0.219. The molecule has 3 aromatic rings. The third-order valence-electron chi connectivity index (χ3n) is 5.93. The number of halogens is 1. The first-order valence-corrected chi connectivity index (χ1v) is 12.1. The van der Waals surface area contributed by atoms with Crippen molar-refractivity contribution in [2.24, 2.45) is 0 Å². The van der Waals surface area contributed by atoms with E-state index in [1.165, 1.54) is 12.8 Å². The Labute approximate surface area is 203 Å². The molecule has 4 rings (SSSR count). The molecule has 3 N–H and O–H groups in total. The summed E-state index contributed by atoms with van der Waals surface area (Å²) >= 11 is 5.91. The van der Waals surface area contributed by atoms with E-state index in [0.717, 1.165) is 37.8 Å². The predicted molar refractivity (Wildman–Crippen MR) is 140 cm³/mol. The number of hydrogen-bond donors (Lipinski definition) is 3. The maximum Gasteiger partial charge on any atom is 0.253 e. The van der Waals surface area contributed by atoms with Crippen LogP contribution in [0.1, 0.15) is 26.7 Å². The van der Waals surface area contributed by atoms with Crippen LogP contribution in [-0.4, -0.2) is 49.2 Å². The minimum atomic E-state index is -0.527. The highest BCUT2D eigenvalue weighted by Crippen LogP contribution is 2.24. The summed E-state index contributed by atoms with van der Waals surface area (Å²) in [5, 5.41) is 10.0. The largest absolute Gasteiger partial charge is 0.378 e. The Morgan fingerprint density at radius 3 is 2.26 bits per heavy atom. The monoisotopic (exact) mass is 483 g/mol. The number of anilines is 6. The Hall–Kier alpha value is -3.33. The van der Waals surface area contributed by atoms with Gasteiger partial charge >= 0.3 is 0 Å². The molecule has 0 spiro atoms. The lowest BCUT2D eigenvalue weighted by molar-refractivity contribution is 0.812. The minimum Gasteiger partial charge on any atom is -0.378 e. The standard InChI is InChI=1S/C24H30ClN7O2/c1-3-31(4-2)24-29-18(15-19(30-24)32-13-5-6-14-32)26-11-12-27-20-21(23(34)22(20)33)28-17-9-7-16(25)8-10-17/h7-10,15,27-28H,3-6,11-14H2,1-2H3,(H,26,29,30). The average Bonchev–Trinajstić information content (AvgIpc) is 3.40. The smallest absolute Gasteiger partial charge is 0.253 e. The van der Waals surface area contributed by atoms with E-state index in [-0.39, 0.29) is 5.69 Å². The maximum absolute atomic E-state index is 12.1. The molecule has 1 aliphatic heterocycles. The summed E-state index contributed by atoms with van der Waals surface area (Å²) in [5.74, 6) is 2.38. The number of aromatic nitrogens is 2. The van der Waals surface area contributed by atoms with Crippen LogP contribution in [0.25, 0.3) is 0 Å². The summed E-state index contributed by atoms with van der Waals surface area (Å²) in [4.78, 5) is 38.0. The van der Waals surface area contributed by atoms with Crippen LogP contribution < -0.4 is 36.6 Å². The Bertz CT molecular complexity index is 1160. The molecule has 0 bridgehead atoms. The molecular formula is C24H30ClN7O2. The zero-order valence-corrected chi connectivity index (χ0v) is 20.3. The molecule has 0 aliphatic carbocycles. The van der Waals surface area contributed by atoms with E-state index in [9.17, 15) is 9.59 Å².